The van der Waals surface area contributed by atoms with Crippen molar-refractivity contribution in [3.05, 3.63) is 35.1 Å². The molecule has 2 rings (SSSR count). The number of aliphatic hydroxyl groups is 1. The molecule has 3 heteroatoms. The average molecular weight is 209 g/mol. The van der Waals surface area contributed by atoms with E-state index < -0.39 is 0 Å². The molecule has 0 unspecified atom stereocenters. The van der Waals surface area contributed by atoms with Crippen LogP contribution in [0.3, 0.4) is 0 Å². The van der Waals surface area contributed by atoms with Gasteiger partial charge in [-0.1, -0.05) is 12.1 Å². The maximum Gasteiger partial charge on any atom is 0.126 e. The van der Waals surface area contributed by atoms with Crippen molar-refractivity contribution in [2.45, 2.75) is 38.5 Å². The molecule has 1 aliphatic carbocycles. The molecule has 1 aromatic carbocycles. The molecule has 0 bridgehead atoms. The number of rotatable bonds is 3. The molecule has 1 saturated carbocycles. The molecule has 0 heterocycles. The SMILES string of the molecule is Cc1cc(CNC2CC(O)C2)ccc1F. The topological polar surface area (TPSA) is 32.3 Å². The third-order valence-corrected chi connectivity index (χ3v) is 2.93. The van der Waals surface area contributed by atoms with Crippen molar-refractivity contribution in [2.75, 3.05) is 0 Å². The molecule has 0 saturated heterocycles. The molecule has 0 spiro atoms. The zero-order valence-electron chi connectivity index (χ0n) is 8.83. The fourth-order valence-electron chi connectivity index (χ4n) is 1.83. The van der Waals surface area contributed by atoms with Crippen LogP contribution in [0.25, 0.3) is 0 Å². The number of hydrogen-bond donors (Lipinski definition) is 2. The van der Waals surface area contributed by atoms with Crippen LogP contribution in [0.4, 0.5) is 4.39 Å². The highest BCUT2D eigenvalue weighted by Crippen LogP contribution is 2.20. The van der Waals surface area contributed by atoms with Gasteiger partial charge in [0.25, 0.3) is 0 Å². The fourth-order valence-corrected chi connectivity index (χ4v) is 1.83. The van der Waals surface area contributed by atoms with E-state index in [0.717, 1.165) is 24.9 Å². The molecular formula is C12H16FNO. The van der Waals surface area contributed by atoms with Gasteiger partial charge in [0.1, 0.15) is 5.82 Å². The van der Waals surface area contributed by atoms with Gasteiger partial charge in [0, 0.05) is 12.6 Å². The maximum atomic E-state index is 13.0. The summed E-state index contributed by atoms with van der Waals surface area (Å²) in [6, 6.07) is 5.58. The summed E-state index contributed by atoms with van der Waals surface area (Å²) in [4.78, 5) is 0. The Hall–Kier alpha value is -0.930. The van der Waals surface area contributed by atoms with Gasteiger partial charge in [-0.05, 0) is 37.0 Å². The first-order chi connectivity index (χ1) is 7.15. The van der Waals surface area contributed by atoms with Crippen LogP contribution >= 0.6 is 0 Å². The first-order valence-electron chi connectivity index (χ1n) is 5.31. The van der Waals surface area contributed by atoms with Gasteiger partial charge in [0.15, 0.2) is 0 Å². The summed E-state index contributed by atoms with van der Waals surface area (Å²) in [5, 5.41) is 12.4. The highest BCUT2D eigenvalue weighted by atomic mass is 19.1. The number of hydrogen-bond acceptors (Lipinski definition) is 2. The molecule has 82 valence electrons. The molecule has 0 aliphatic heterocycles. The van der Waals surface area contributed by atoms with Crippen molar-refractivity contribution < 1.29 is 9.50 Å². The quantitative estimate of drug-likeness (QED) is 0.795. The van der Waals surface area contributed by atoms with Crippen LogP contribution < -0.4 is 5.32 Å². The van der Waals surface area contributed by atoms with Gasteiger partial charge in [0.2, 0.25) is 0 Å². The lowest BCUT2D eigenvalue weighted by Crippen LogP contribution is -2.43. The molecule has 2 N–H and O–H groups in total. The van der Waals surface area contributed by atoms with Crippen molar-refractivity contribution >= 4 is 0 Å². The number of aliphatic hydroxyl groups excluding tert-OH is 1. The van der Waals surface area contributed by atoms with Crippen LogP contribution in [-0.2, 0) is 6.54 Å². The smallest absolute Gasteiger partial charge is 0.126 e. The normalized spacial score (nSPS) is 25.0. The maximum absolute atomic E-state index is 13.0. The lowest BCUT2D eigenvalue weighted by molar-refractivity contribution is 0.0619. The molecule has 0 amide bonds. The molecule has 15 heavy (non-hydrogen) atoms. The monoisotopic (exact) mass is 209 g/mol. The van der Waals surface area contributed by atoms with Crippen LogP contribution in [0.15, 0.2) is 18.2 Å². The number of nitrogens with one attached hydrogen (secondary N) is 1. The van der Waals surface area contributed by atoms with E-state index in [9.17, 15) is 4.39 Å². The standard InChI is InChI=1S/C12H16FNO/c1-8-4-9(2-3-12(8)13)7-14-10-5-11(15)6-10/h2-4,10-11,14-15H,5-7H2,1H3. The molecular weight excluding hydrogens is 193 g/mol. The van der Waals surface area contributed by atoms with Gasteiger partial charge in [-0.2, -0.15) is 0 Å². The minimum Gasteiger partial charge on any atom is -0.393 e. The van der Waals surface area contributed by atoms with Crippen molar-refractivity contribution in [3.63, 3.8) is 0 Å². The zero-order valence-corrected chi connectivity index (χ0v) is 8.83. The van der Waals surface area contributed by atoms with Crippen LogP contribution in [0.2, 0.25) is 0 Å². The molecule has 0 radical (unpaired) electrons. The number of halogens is 1. The Morgan fingerprint density at radius 3 is 2.80 bits per heavy atom. The van der Waals surface area contributed by atoms with Gasteiger partial charge in [0.05, 0.1) is 6.10 Å². The Morgan fingerprint density at radius 1 is 1.47 bits per heavy atom. The van der Waals surface area contributed by atoms with Gasteiger partial charge < -0.3 is 10.4 Å². The first kappa shape index (κ1) is 10.6. The van der Waals surface area contributed by atoms with Crippen LogP contribution in [-0.4, -0.2) is 17.3 Å². The summed E-state index contributed by atoms with van der Waals surface area (Å²) in [6.07, 6.45) is 1.54. The third-order valence-electron chi connectivity index (χ3n) is 2.93. The summed E-state index contributed by atoms with van der Waals surface area (Å²) in [6.45, 7) is 2.52. The minimum absolute atomic E-state index is 0.127. The molecule has 2 nitrogen and oxygen atoms in total. The Bertz CT molecular complexity index is 347. The first-order valence-corrected chi connectivity index (χ1v) is 5.31. The number of benzene rings is 1. The van der Waals surface area contributed by atoms with Gasteiger partial charge in [-0.15, -0.1) is 0 Å². The molecule has 0 atom stereocenters. The van der Waals surface area contributed by atoms with E-state index in [4.69, 9.17) is 5.11 Å². The Labute approximate surface area is 89.1 Å². The van der Waals surface area contributed by atoms with E-state index in [2.05, 4.69) is 5.32 Å². The second-order valence-corrected chi connectivity index (χ2v) is 4.29. The van der Waals surface area contributed by atoms with E-state index in [1.807, 2.05) is 6.07 Å². The third kappa shape index (κ3) is 2.55. The van der Waals surface area contributed by atoms with Crippen molar-refractivity contribution in [1.82, 2.24) is 5.32 Å². The van der Waals surface area contributed by atoms with Crippen molar-refractivity contribution in [3.8, 4) is 0 Å². The summed E-state index contributed by atoms with van der Waals surface area (Å²) in [7, 11) is 0. The summed E-state index contributed by atoms with van der Waals surface area (Å²) >= 11 is 0. The van der Waals surface area contributed by atoms with E-state index in [1.54, 1.807) is 13.0 Å². The van der Waals surface area contributed by atoms with Gasteiger partial charge >= 0.3 is 0 Å². The van der Waals surface area contributed by atoms with E-state index in [-0.39, 0.29) is 11.9 Å². The highest BCUT2D eigenvalue weighted by molar-refractivity contribution is 5.23. The highest BCUT2D eigenvalue weighted by Gasteiger charge is 2.26. The predicted octanol–water partition coefficient (Wildman–Crippen LogP) is 1.75. The number of aryl methyl sites for hydroxylation is 1. The largest absolute Gasteiger partial charge is 0.393 e. The Balaban J connectivity index is 1.86. The second-order valence-electron chi connectivity index (χ2n) is 4.29. The predicted molar refractivity (Wildman–Crippen MR) is 57.0 cm³/mol. The van der Waals surface area contributed by atoms with Gasteiger partial charge in [-0.25, -0.2) is 4.39 Å². The summed E-state index contributed by atoms with van der Waals surface area (Å²) < 4.78 is 13.0. The van der Waals surface area contributed by atoms with Crippen LogP contribution in [0.5, 0.6) is 0 Å². The minimum atomic E-state index is -0.155. The van der Waals surface area contributed by atoms with Crippen molar-refractivity contribution in [1.29, 1.82) is 0 Å². The average Bonchev–Trinajstić information content (AvgIpc) is 2.16. The van der Waals surface area contributed by atoms with E-state index >= 15 is 0 Å². The van der Waals surface area contributed by atoms with Crippen LogP contribution in [0.1, 0.15) is 24.0 Å². The Kier molecular flexibility index (Phi) is 3.03. The Morgan fingerprint density at radius 2 is 2.20 bits per heavy atom. The molecule has 1 fully saturated rings. The summed E-state index contributed by atoms with van der Waals surface area (Å²) in [5.74, 6) is -0.155. The molecule has 0 aromatic heterocycles. The molecule has 1 aliphatic rings. The van der Waals surface area contributed by atoms with Gasteiger partial charge in [-0.3, -0.25) is 0 Å². The van der Waals surface area contributed by atoms with E-state index in [1.165, 1.54) is 6.07 Å². The second kappa shape index (κ2) is 4.29. The lowest BCUT2D eigenvalue weighted by atomic mass is 9.89. The fraction of sp³-hybridized carbons (Fsp3) is 0.500. The van der Waals surface area contributed by atoms with E-state index in [0.29, 0.717) is 11.6 Å². The summed E-state index contributed by atoms with van der Waals surface area (Å²) in [5.41, 5.74) is 1.78. The van der Waals surface area contributed by atoms with Crippen LogP contribution in [0, 0.1) is 12.7 Å². The zero-order chi connectivity index (χ0) is 10.8. The molecule has 1 aromatic rings. The lowest BCUT2D eigenvalue weighted by Gasteiger charge is -2.32. The van der Waals surface area contributed by atoms with Crippen molar-refractivity contribution in [2.24, 2.45) is 0 Å².